The lowest BCUT2D eigenvalue weighted by Gasteiger charge is -2.16. The van der Waals surface area contributed by atoms with Crippen LogP contribution in [0.25, 0.3) is 0 Å². The first kappa shape index (κ1) is 15.6. The first-order valence-corrected chi connectivity index (χ1v) is 8.55. The van der Waals surface area contributed by atoms with Crippen LogP contribution < -0.4 is 10.0 Å². The molecule has 1 aromatic rings. The van der Waals surface area contributed by atoms with Crippen molar-refractivity contribution in [2.24, 2.45) is 0 Å². The highest BCUT2D eigenvalue weighted by Crippen LogP contribution is 2.13. The zero-order valence-electron chi connectivity index (χ0n) is 11.4. The normalized spacial score (nSPS) is 14.1. The molecule has 1 aromatic heterocycles. The summed E-state index contributed by atoms with van der Waals surface area (Å²) in [5, 5.41) is 6.71. The molecule has 104 valence electrons. The zero-order chi connectivity index (χ0) is 13.8. The molecule has 0 saturated carbocycles. The predicted octanol–water partition coefficient (Wildman–Crippen LogP) is 1.86. The molecule has 2 N–H and O–H groups in total. The third-order valence-corrected chi connectivity index (χ3v) is 5.45. The molecule has 0 aliphatic heterocycles. The third kappa shape index (κ3) is 4.68. The molecule has 1 heterocycles. The molecule has 0 bridgehead atoms. The van der Waals surface area contributed by atoms with Crippen LogP contribution >= 0.6 is 11.3 Å². The van der Waals surface area contributed by atoms with Crippen LogP contribution in [0.15, 0.2) is 10.8 Å². The summed E-state index contributed by atoms with van der Waals surface area (Å²) in [6.45, 7) is 8.56. The second-order valence-electron chi connectivity index (χ2n) is 4.82. The Labute approximate surface area is 114 Å². The fourth-order valence-corrected chi connectivity index (χ4v) is 3.21. The fraction of sp³-hybridized carbons (Fsp3) is 0.667. The molecular weight excluding hydrogens is 268 g/mol. The molecule has 1 rings (SSSR count). The van der Waals surface area contributed by atoms with E-state index in [2.05, 4.69) is 10.0 Å². The summed E-state index contributed by atoms with van der Waals surface area (Å²) >= 11 is 1.59. The molecule has 4 nitrogen and oxygen atoms in total. The molecule has 1 atom stereocenters. The van der Waals surface area contributed by atoms with E-state index in [1.807, 2.05) is 31.5 Å². The first-order valence-electron chi connectivity index (χ1n) is 6.06. The Morgan fingerprint density at radius 1 is 1.28 bits per heavy atom. The summed E-state index contributed by atoms with van der Waals surface area (Å²) in [5.74, 6) is 0. The molecule has 0 aliphatic carbocycles. The van der Waals surface area contributed by atoms with E-state index in [9.17, 15) is 8.42 Å². The van der Waals surface area contributed by atoms with E-state index in [1.54, 1.807) is 18.3 Å². The molecule has 0 saturated heterocycles. The highest BCUT2D eigenvalue weighted by molar-refractivity contribution is 7.90. The summed E-state index contributed by atoms with van der Waals surface area (Å²) in [6, 6.07) is 0.293. The number of rotatable bonds is 7. The Bertz CT molecular complexity index is 466. The highest BCUT2D eigenvalue weighted by atomic mass is 32.2. The average Bonchev–Trinajstić information content (AvgIpc) is 2.69. The van der Waals surface area contributed by atoms with Gasteiger partial charge in [0.05, 0.1) is 5.25 Å². The second kappa shape index (κ2) is 6.65. The van der Waals surface area contributed by atoms with Gasteiger partial charge in [0, 0.05) is 19.1 Å². The van der Waals surface area contributed by atoms with Gasteiger partial charge in [0.25, 0.3) is 0 Å². The Kier molecular flexibility index (Phi) is 5.78. The maximum atomic E-state index is 12.0. The second-order valence-corrected chi connectivity index (χ2v) is 7.75. The van der Waals surface area contributed by atoms with E-state index in [0.717, 1.165) is 11.1 Å². The fourth-order valence-electron chi connectivity index (χ4n) is 1.40. The lowest BCUT2D eigenvalue weighted by molar-refractivity contribution is 0.540. The van der Waals surface area contributed by atoms with E-state index in [4.69, 9.17) is 0 Å². The monoisotopic (exact) mass is 290 g/mol. The standard InChI is InChI=1S/C12H22N2O2S2/c1-9(2)13-5-11(4)18(15,16)14-6-12-8-17-7-10(12)3/h7-9,11,13-14H,5-6H2,1-4H3. The smallest absolute Gasteiger partial charge is 0.215 e. The van der Waals surface area contributed by atoms with Crippen molar-refractivity contribution in [1.82, 2.24) is 10.0 Å². The van der Waals surface area contributed by atoms with Gasteiger partial charge in [-0.1, -0.05) is 13.8 Å². The van der Waals surface area contributed by atoms with Gasteiger partial charge < -0.3 is 5.32 Å². The molecule has 0 aliphatic rings. The van der Waals surface area contributed by atoms with Gasteiger partial charge in [-0.15, -0.1) is 0 Å². The number of hydrogen-bond acceptors (Lipinski definition) is 4. The van der Waals surface area contributed by atoms with Crippen molar-refractivity contribution < 1.29 is 8.42 Å². The van der Waals surface area contributed by atoms with E-state index < -0.39 is 15.3 Å². The quantitative estimate of drug-likeness (QED) is 0.806. The van der Waals surface area contributed by atoms with Gasteiger partial charge in [0.2, 0.25) is 10.0 Å². The van der Waals surface area contributed by atoms with Gasteiger partial charge in [-0.25, -0.2) is 13.1 Å². The van der Waals surface area contributed by atoms with E-state index in [1.165, 1.54) is 0 Å². The summed E-state index contributed by atoms with van der Waals surface area (Å²) in [5.41, 5.74) is 2.18. The van der Waals surface area contributed by atoms with Crippen molar-refractivity contribution >= 4 is 21.4 Å². The summed E-state index contributed by atoms with van der Waals surface area (Å²) in [7, 11) is -3.26. The third-order valence-electron chi connectivity index (χ3n) is 2.77. The van der Waals surface area contributed by atoms with E-state index in [0.29, 0.717) is 19.1 Å². The van der Waals surface area contributed by atoms with Crippen LogP contribution in [-0.4, -0.2) is 26.3 Å². The molecule has 0 amide bonds. The molecule has 0 radical (unpaired) electrons. The lowest BCUT2D eigenvalue weighted by atomic mass is 10.2. The maximum absolute atomic E-state index is 12.0. The Morgan fingerprint density at radius 2 is 1.94 bits per heavy atom. The SMILES string of the molecule is Cc1cscc1CNS(=O)(=O)C(C)CNC(C)C. The van der Waals surface area contributed by atoms with E-state index >= 15 is 0 Å². The maximum Gasteiger partial charge on any atom is 0.215 e. The summed E-state index contributed by atoms with van der Waals surface area (Å²) in [6.07, 6.45) is 0. The Balaban J connectivity index is 2.51. The van der Waals surface area contributed by atoms with Gasteiger partial charge in [-0.3, -0.25) is 0 Å². The lowest BCUT2D eigenvalue weighted by Crippen LogP contribution is -2.40. The molecule has 6 heteroatoms. The van der Waals surface area contributed by atoms with Gasteiger partial charge in [-0.2, -0.15) is 11.3 Å². The van der Waals surface area contributed by atoms with Gasteiger partial charge in [-0.05, 0) is 35.7 Å². The highest BCUT2D eigenvalue weighted by Gasteiger charge is 2.20. The van der Waals surface area contributed by atoms with Crippen molar-refractivity contribution in [1.29, 1.82) is 0 Å². The summed E-state index contributed by atoms with van der Waals surface area (Å²) in [4.78, 5) is 0. The van der Waals surface area contributed by atoms with Crippen LogP contribution in [-0.2, 0) is 16.6 Å². The van der Waals surface area contributed by atoms with Crippen LogP contribution in [0.2, 0.25) is 0 Å². The molecule has 0 spiro atoms. The van der Waals surface area contributed by atoms with Crippen LogP contribution in [0, 0.1) is 6.92 Å². The number of sulfonamides is 1. The molecule has 0 fully saturated rings. The van der Waals surface area contributed by atoms with Crippen LogP contribution in [0.3, 0.4) is 0 Å². The summed E-state index contributed by atoms with van der Waals surface area (Å²) < 4.78 is 26.7. The molecular formula is C12H22N2O2S2. The Morgan fingerprint density at radius 3 is 2.44 bits per heavy atom. The number of thiophene rings is 1. The largest absolute Gasteiger partial charge is 0.313 e. The molecule has 18 heavy (non-hydrogen) atoms. The minimum atomic E-state index is -3.26. The van der Waals surface area contributed by atoms with Crippen molar-refractivity contribution in [3.63, 3.8) is 0 Å². The van der Waals surface area contributed by atoms with Gasteiger partial charge in [0.15, 0.2) is 0 Å². The zero-order valence-corrected chi connectivity index (χ0v) is 13.0. The Hall–Kier alpha value is -0.430. The minimum absolute atomic E-state index is 0.293. The van der Waals surface area contributed by atoms with E-state index in [-0.39, 0.29) is 0 Å². The molecule has 0 aromatic carbocycles. The van der Waals surface area contributed by atoms with Crippen molar-refractivity contribution in [2.45, 2.75) is 45.5 Å². The first-order chi connectivity index (χ1) is 8.33. The number of aryl methyl sites for hydroxylation is 1. The van der Waals surface area contributed by atoms with Gasteiger partial charge in [0.1, 0.15) is 0 Å². The number of hydrogen-bond donors (Lipinski definition) is 2. The van der Waals surface area contributed by atoms with Crippen molar-refractivity contribution in [3.8, 4) is 0 Å². The van der Waals surface area contributed by atoms with Gasteiger partial charge >= 0.3 is 0 Å². The topological polar surface area (TPSA) is 58.2 Å². The van der Waals surface area contributed by atoms with Crippen LogP contribution in [0.1, 0.15) is 31.9 Å². The van der Waals surface area contributed by atoms with Crippen molar-refractivity contribution in [3.05, 3.63) is 21.9 Å². The van der Waals surface area contributed by atoms with Crippen molar-refractivity contribution in [2.75, 3.05) is 6.54 Å². The van der Waals surface area contributed by atoms with Crippen LogP contribution in [0.4, 0.5) is 0 Å². The average molecular weight is 290 g/mol. The van der Waals surface area contributed by atoms with Crippen LogP contribution in [0.5, 0.6) is 0 Å². The minimum Gasteiger partial charge on any atom is -0.313 e. The predicted molar refractivity (Wildman–Crippen MR) is 77.4 cm³/mol. The number of nitrogens with one attached hydrogen (secondary N) is 2. The molecule has 1 unspecified atom stereocenters.